The Labute approximate surface area is 224 Å². The van der Waals surface area contributed by atoms with E-state index in [2.05, 4.69) is 32.8 Å². The highest BCUT2D eigenvalue weighted by Gasteiger charge is 2.59. The Balaban J connectivity index is 1.24. The number of thiocarbonyl (C=S) groups is 1. The fraction of sp³-hybridized carbons (Fsp3) is 0.643. The molecule has 1 saturated carbocycles. The second-order valence-corrected chi connectivity index (χ2v) is 11.9. The standard InChI is InChI=1S/C28H37N5O3S/c1-19-9-22-14-31(6-3-24(22)30-13-19)26(34)28-12-20(10-21-4-8-36-16-25(21)35-2)11-23(28)15-33(17-28)27(37)32-7-5-29-18-32/h5,7,9,13,18,20-21,23,25H,3-4,6,8,10-12,14-17H2,1-2H3/t20-,21?,23+,25?,28+/m1/s1. The van der Waals surface area contributed by atoms with Gasteiger partial charge in [-0.25, -0.2) is 4.98 Å². The van der Waals surface area contributed by atoms with Crippen molar-refractivity contribution < 1.29 is 14.3 Å². The van der Waals surface area contributed by atoms with E-state index in [1.165, 1.54) is 5.56 Å². The van der Waals surface area contributed by atoms with Crippen LogP contribution in [0.3, 0.4) is 0 Å². The number of pyridine rings is 1. The first-order valence-corrected chi connectivity index (χ1v) is 14.0. The predicted molar refractivity (Wildman–Crippen MR) is 143 cm³/mol. The van der Waals surface area contributed by atoms with Gasteiger partial charge in [0, 0.05) is 70.6 Å². The second-order valence-electron chi connectivity index (χ2n) is 11.5. The lowest BCUT2D eigenvalue weighted by Crippen LogP contribution is -2.49. The minimum Gasteiger partial charge on any atom is -0.379 e. The van der Waals surface area contributed by atoms with Crippen molar-refractivity contribution in [3.63, 3.8) is 0 Å². The van der Waals surface area contributed by atoms with Crippen molar-refractivity contribution in [3.05, 3.63) is 47.8 Å². The van der Waals surface area contributed by atoms with Crippen LogP contribution in [0.25, 0.3) is 0 Å². The number of imidazole rings is 1. The molecule has 2 saturated heterocycles. The molecule has 4 aliphatic rings. The molecule has 3 fully saturated rings. The maximum absolute atomic E-state index is 14.5. The average molecular weight is 524 g/mol. The Morgan fingerprint density at radius 3 is 3.05 bits per heavy atom. The number of ether oxygens (including phenoxy) is 2. The molecule has 0 spiro atoms. The van der Waals surface area contributed by atoms with E-state index in [9.17, 15) is 4.79 Å². The first-order valence-electron chi connectivity index (χ1n) is 13.6. The van der Waals surface area contributed by atoms with Crippen molar-refractivity contribution in [2.45, 2.75) is 51.7 Å². The minimum atomic E-state index is -0.405. The van der Waals surface area contributed by atoms with Crippen LogP contribution < -0.4 is 0 Å². The lowest BCUT2D eigenvalue weighted by atomic mass is 9.78. The molecule has 0 bridgehead atoms. The normalized spacial score (nSPS) is 31.3. The van der Waals surface area contributed by atoms with Crippen molar-refractivity contribution in [2.24, 2.45) is 23.2 Å². The van der Waals surface area contributed by atoms with Gasteiger partial charge in [0.1, 0.15) is 6.33 Å². The summed E-state index contributed by atoms with van der Waals surface area (Å²) in [6.45, 7) is 6.44. The third kappa shape index (κ3) is 4.59. The quantitative estimate of drug-likeness (QED) is 0.571. The lowest BCUT2D eigenvalue weighted by molar-refractivity contribution is -0.144. The van der Waals surface area contributed by atoms with E-state index < -0.39 is 5.41 Å². The largest absolute Gasteiger partial charge is 0.379 e. The van der Waals surface area contributed by atoms with Crippen LogP contribution in [0, 0.1) is 30.1 Å². The van der Waals surface area contributed by atoms with Crippen LogP contribution in [0.4, 0.5) is 0 Å². The van der Waals surface area contributed by atoms with Gasteiger partial charge in [-0.1, -0.05) is 6.07 Å². The highest BCUT2D eigenvalue weighted by Crippen LogP contribution is 2.54. The van der Waals surface area contributed by atoms with Gasteiger partial charge < -0.3 is 19.3 Å². The molecular weight excluding hydrogens is 486 g/mol. The summed E-state index contributed by atoms with van der Waals surface area (Å²) >= 11 is 5.85. The summed E-state index contributed by atoms with van der Waals surface area (Å²) in [6.07, 6.45) is 12.4. The number of methoxy groups -OCH3 is 1. The Morgan fingerprint density at radius 1 is 1.35 bits per heavy atom. The monoisotopic (exact) mass is 523 g/mol. The maximum atomic E-state index is 14.5. The molecule has 6 rings (SSSR count). The fourth-order valence-corrected chi connectivity index (χ4v) is 7.69. The summed E-state index contributed by atoms with van der Waals surface area (Å²) in [4.78, 5) is 27.6. The number of fused-ring (bicyclic) bond motifs is 2. The van der Waals surface area contributed by atoms with Crippen LogP contribution in [0.5, 0.6) is 0 Å². The van der Waals surface area contributed by atoms with Gasteiger partial charge in [-0.05, 0) is 73.7 Å². The van der Waals surface area contributed by atoms with Crippen molar-refractivity contribution in [1.29, 1.82) is 0 Å². The van der Waals surface area contributed by atoms with E-state index in [1.807, 2.05) is 17.0 Å². The van der Waals surface area contributed by atoms with Gasteiger partial charge in [0.15, 0.2) is 5.11 Å². The predicted octanol–water partition coefficient (Wildman–Crippen LogP) is 3.07. The van der Waals surface area contributed by atoms with Crippen LogP contribution >= 0.6 is 12.2 Å². The van der Waals surface area contributed by atoms with Gasteiger partial charge in [-0.15, -0.1) is 0 Å². The topological polar surface area (TPSA) is 72.7 Å². The van der Waals surface area contributed by atoms with E-state index in [1.54, 1.807) is 19.6 Å². The molecule has 2 unspecified atom stereocenters. The van der Waals surface area contributed by atoms with Crippen LogP contribution in [-0.4, -0.2) is 81.4 Å². The summed E-state index contributed by atoms with van der Waals surface area (Å²) in [5.74, 6) is 1.61. The van der Waals surface area contributed by atoms with Gasteiger partial charge in [-0.2, -0.15) is 0 Å². The van der Waals surface area contributed by atoms with Gasteiger partial charge >= 0.3 is 0 Å². The van der Waals surface area contributed by atoms with Gasteiger partial charge in [0.25, 0.3) is 0 Å². The molecule has 2 aromatic heterocycles. The molecule has 5 heterocycles. The molecule has 37 heavy (non-hydrogen) atoms. The zero-order valence-corrected chi connectivity index (χ0v) is 22.7. The molecule has 198 valence electrons. The maximum Gasteiger partial charge on any atom is 0.231 e. The minimum absolute atomic E-state index is 0.153. The molecular formula is C28H37N5O3S. The number of aromatic nitrogens is 3. The number of carbonyl (C=O) groups excluding carboxylic acids is 1. The van der Waals surface area contributed by atoms with Crippen molar-refractivity contribution >= 4 is 23.2 Å². The van der Waals surface area contributed by atoms with E-state index >= 15 is 0 Å². The summed E-state index contributed by atoms with van der Waals surface area (Å²) in [6, 6.07) is 2.19. The molecule has 8 nitrogen and oxygen atoms in total. The number of likely N-dealkylation sites (tertiary alicyclic amines) is 1. The third-order valence-electron chi connectivity index (χ3n) is 9.23. The molecule has 5 atom stereocenters. The summed E-state index contributed by atoms with van der Waals surface area (Å²) in [5, 5.41) is 0.739. The van der Waals surface area contributed by atoms with Crippen molar-refractivity contribution in [1.82, 2.24) is 24.3 Å². The van der Waals surface area contributed by atoms with E-state index in [0.717, 1.165) is 68.2 Å². The first kappa shape index (κ1) is 24.9. The van der Waals surface area contributed by atoms with Crippen molar-refractivity contribution in [2.75, 3.05) is 40.0 Å². The van der Waals surface area contributed by atoms with E-state index in [-0.39, 0.29) is 6.10 Å². The highest BCUT2D eigenvalue weighted by atomic mass is 32.1. The number of hydrogen-bond acceptors (Lipinski definition) is 6. The van der Waals surface area contributed by atoms with Gasteiger partial charge in [0.2, 0.25) is 5.91 Å². The fourth-order valence-electron chi connectivity index (χ4n) is 7.45. The Kier molecular flexibility index (Phi) is 6.79. The van der Waals surface area contributed by atoms with Crippen LogP contribution in [0.15, 0.2) is 31.0 Å². The number of nitrogens with zero attached hydrogens (tertiary/aromatic N) is 5. The molecule has 3 aliphatic heterocycles. The number of aryl methyl sites for hydroxylation is 1. The Morgan fingerprint density at radius 2 is 2.24 bits per heavy atom. The number of rotatable bonds is 4. The molecule has 9 heteroatoms. The summed E-state index contributed by atoms with van der Waals surface area (Å²) in [7, 11) is 1.79. The van der Waals surface area contributed by atoms with E-state index in [0.29, 0.717) is 43.4 Å². The summed E-state index contributed by atoms with van der Waals surface area (Å²) in [5.41, 5.74) is 3.06. The SMILES string of the molecule is COC1COCCC1C[C@@H]1C[C@H]2CN(C(=S)n3ccnc3)C[C@@]2(C(=O)N2CCc3ncc(C)cc3C2)C1. The van der Waals surface area contributed by atoms with Crippen LogP contribution in [0.2, 0.25) is 0 Å². The molecule has 0 radical (unpaired) electrons. The van der Waals surface area contributed by atoms with E-state index in [4.69, 9.17) is 21.7 Å². The number of carbonyl (C=O) groups is 1. The average Bonchev–Trinajstić information content (AvgIpc) is 3.63. The smallest absolute Gasteiger partial charge is 0.231 e. The number of hydrogen-bond donors (Lipinski definition) is 0. The third-order valence-corrected chi connectivity index (χ3v) is 9.70. The molecule has 1 amide bonds. The molecule has 0 N–H and O–H groups in total. The van der Waals surface area contributed by atoms with Gasteiger partial charge in [-0.3, -0.25) is 14.3 Å². The highest BCUT2D eigenvalue weighted by molar-refractivity contribution is 7.80. The zero-order chi connectivity index (χ0) is 25.6. The first-order chi connectivity index (χ1) is 18.0. The Hall–Kier alpha value is -2.36. The number of amides is 1. The second kappa shape index (κ2) is 10.1. The molecule has 1 aliphatic carbocycles. The molecule has 2 aromatic rings. The summed E-state index contributed by atoms with van der Waals surface area (Å²) < 4.78 is 13.3. The van der Waals surface area contributed by atoms with Crippen molar-refractivity contribution in [3.8, 4) is 0 Å². The van der Waals surface area contributed by atoms with Crippen LogP contribution in [0.1, 0.15) is 42.5 Å². The zero-order valence-electron chi connectivity index (χ0n) is 21.8. The van der Waals surface area contributed by atoms with Crippen LogP contribution in [-0.2, 0) is 27.2 Å². The Bertz CT molecular complexity index is 1160. The lowest BCUT2D eigenvalue weighted by Gasteiger charge is -2.37. The van der Waals surface area contributed by atoms with Gasteiger partial charge in [0.05, 0.1) is 18.1 Å². The molecule has 0 aromatic carbocycles.